The van der Waals surface area contributed by atoms with Crippen LogP contribution >= 0.6 is 0 Å². The lowest BCUT2D eigenvalue weighted by atomic mass is 9.62. The van der Waals surface area contributed by atoms with Crippen LogP contribution in [0.3, 0.4) is 0 Å². The summed E-state index contributed by atoms with van der Waals surface area (Å²) >= 11 is 0. The molecule has 0 unspecified atom stereocenters. The van der Waals surface area contributed by atoms with E-state index in [4.69, 9.17) is 4.74 Å². The highest BCUT2D eigenvalue weighted by molar-refractivity contribution is 7.91. The maximum atomic E-state index is 12.1. The number of sulfonamides is 1. The first kappa shape index (κ1) is 16.8. The molecule has 7 heteroatoms. The SMILES string of the molecule is O=C(NS(=O)(=O)C1CC1)c1ccc(OC2CC3(CCNCC3)C2)cc1. The highest BCUT2D eigenvalue weighted by Gasteiger charge is 2.45. The van der Waals surface area contributed by atoms with E-state index in [0.29, 0.717) is 23.8 Å². The molecule has 1 spiro atoms. The molecular formula is C18H24N2O4S. The van der Waals surface area contributed by atoms with Gasteiger partial charge in [-0.1, -0.05) is 0 Å². The number of hydrogen-bond acceptors (Lipinski definition) is 5. The van der Waals surface area contributed by atoms with Gasteiger partial charge >= 0.3 is 0 Å². The second kappa shape index (κ2) is 6.29. The van der Waals surface area contributed by atoms with Gasteiger partial charge < -0.3 is 10.1 Å². The van der Waals surface area contributed by atoms with Crippen molar-refractivity contribution in [1.29, 1.82) is 0 Å². The molecule has 1 aliphatic heterocycles. The van der Waals surface area contributed by atoms with E-state index in [1.54, 1.807) is 24.3 Å². The van der Waals surface area contributed by atoms with Gasteiger partial charge in [-0.3, -0.25) is 4.79 Å². The second-order valence-electron chi connectivity index (χ2n) is 7.60. The van der Waals surface area contributed by atoms with Crippen molar-refractivity contribution in [2.75, 3.05) is 13.1 Å². The van der Waals surface area contributed by atoms with E-state index in [2.05, 4.69) is 10.0 Å². The Bertz CT molecular complexity index is 742. The normalized spacial score (nSPS) is 23.0. The first-order valence-corrected chi connectivity index (χ1v) is 10.5. The molecule has 0 radical (unpaired) electrons. The third-order valence-electron chi connectivity index (χ3n) is 5.60. The third-order valence-corrected chi connectivity index (χ3v) is 7.42. The third kappa shape index (κ3) is 3.67. The number of ether oxygens (including phenoxy) is 1. The van der Waals surface area contributed by atoms with Crippen LogP contribution in [0.2, 0.25) is 0 Å². The fraction of sp³-hybridized carbons (Fsp3) is 0.611. The number of benzene rings is 1. The van der Waals surface area contributed by atoms with Gasteiger partial charge in [0, 0.05) is 5.56 Å². The van der Waals surface area contributed by atoms with Crippen molar-refractivity contribution >= 4 is 15.9 Å². The van der Waals surface area contributed by atoms with Gasteiger partial charge in [0.15, 0.2) is 0 Å². The zero-order valence-corrected chi connectivity index (χ0v) is 15.0. The molecule has 4 rings (SSSR count). The number of amides is 1. The molecule has 0 atom stereocenters. The molecule has 2 N–H and O–H groups in total. The van der Waals surface area contributed by atoms with Crippen LogP contribution in [0.25, 0.3) is 0 Å². The molecule has 6 nitrogen and oxygen atoms in total. The predicted molar refractivity (Wildman–Crippen MR) is 94.0 cm³/mol. The van der Waals surface area contributed by atoms with Crippen LogP contribution in [0, 0.1) is 5.41 Å². The molecule has 0 aromatic heterocycles. The Morgan fingerprint density at radius 3 is 2.36 bits per heavy atom. The zero-order chi connectivity index (χ0) is 17.5. The maximum absolute atomic E-state index is 12.1. The van der Waals surface area contributed by atoms with E-state index in [1.165, 1.54) is 12.8 Å². The summed E-state index contributed by atoms with van der Waals surface area (Å²) in [5, 5.41) is 2.99. The van der Waals surface area contributed by atoms with Gasteiger partial charge in [-0.2, -0.15) is 0 Å². The predicted octanol–water partition coefficient (Wildman–Crippen LogP) is 1.82. The molecule has 25 heavy (non-hydrogen) atoms. The van der Waals surface area contributed by atoms with Crippen molar-refractivity contribution in [2.24, 2.45) is 5.41 Å². The van der Waals surface area contributed by atoms with Gasteiger partial charge in [-0.15, -0.1) is 0 Å². The molecule has 3 aliphatic rings. The maximum Gasteiger partial charge on any atom is 0.264 e. The minimum absolute atomic E-state index is 0.244. The molecule has 136 valence electrons. The topological polar surface area (TPSA) is 84.5 Å². The number of carbonyl (C=O) groups is 1. The summed E-state index contributed by atoms with van der Waals surface area (Å²) in [5.74, 6) is 0.158. The van der Waals surface area contributed by atoms with Gasteiger partial charge in [0.25, 0.3) is 5.91 Å². The van der Waals surface area contributed by atoms with Crippen LogP contribution < -0.4 is 14.8 Å². The summed E-state index contributed by atoms with van der Waals surface area (Å²) in [5.41, 5.74) is 0.799. The molecule has 1 amide bonds. The number of piperidine rings is 1. The van der Waals surface area contributed by atoms with Crippen molar-refractivity contribution in [1.82, 2.24) is 10.0 Å². The molecule has 0 bridgehead atoms. The number of hydrogen-bond donors (Lipinski definition) is 2. The lowest BCUT2D eigenvalue weighted by Gasteiger charge is -2.49. The summed E-state index contributed by atoms with van der Waals surface area (Å²) in [6.07, 6.45) is 6.14. The minimum atomic E-state index is -3.51. The van der Waals surface area contributed by atoms with E-state index in [-0.39, 0.29) is 6.10 Å². The number of rotatable bonds is 5. The van der Waals surface area contributed by atoms with Gasteiger partial charge in [0.2, 0.25) is 10.0 Å². The average molecular weight is 364 g/mol. The van der Waals surface area contributed by atoms with Crippen LogP contribution in [0.15, 0.2) is 24.3 Å². The second-order valence-corrected chi connectivity index (χ2v) is 9.56. The standard InChI is InChI=1S/C18H24N2O4S/c21-17(20-25(22,23)16-5-6-16)13-1-3-14(4-2-13)24-15-11-18(12-15)7-9-19-10-8-18/h1-4,15-16,19H,5-12H2,(H,20,21). The molecule has 2 aliphatic carbocycles. The number of nitrogens with one attached hydrogen (secondary N) is 2. The summed E-state index contributed by atoms with van der Waals surface area (Å²) in [6, 6.07) is 6.72. The van der Waals surface area contributed by atoms with Gasteiger partial charge in [0.05, 0.1) is 11.4 Å². The van der Waals surface area contributed by atoms with Crippen LogP contribution in [-0.4, -0.2) is 38.8 Å². The van der Waals surface area contributed by atoms with Crippen molar-refractivity contribution in [3.05, 3.63) is 29.8 Å². The molecule has 1 aromatic carbocycles. The number of carbonyl (C=O) groups excluding carboxylic acids is 1. The average Bonchev–Trinajstić information content (AvgIpc) is 3.40. The molecular weight excluding hydrogens is 340 g/mol. The van der Waals surface area contributed by atoms with Crippen molar-refractivity contribution in [3.8, 4) is 5.75 Å². The smallest absolute Gasteiger partial charge is 0.264 e. The monoisotopic (exact) mass is 364 g/mol. The van der Waals surface area contributed by atoms with E-state index < -0.39 is 21.2 Å². The zero-order valence-electron chi connectivity index (χ0n) is 14.2. The quantitative estimate of drug-likeness (QED) is 0.833. The van der Waals surface area contributed by atoms with E-state index in [0.717, 1.165) is 31.7 Å². The fourth-order valence-electron chi connectivity index (χ4n) is 3.88. The fourth-order valence-corrected chi connectivity index (χ4v) is 5.18. The summed E-state index contributed by atoms with van der Waals surface area (Å²) in [6.45, 7) is 2.20. The summed E-state index contributed by atoms with van der Waals surface area (Å²) < 4.78 is 31.8. The lowest BCUT2D eigenvalue weighted by molar-refractivity contribution is -0.0347. The van der Waals surface area contributed by atoms with E-state index >= 15 is 0 Å². The van der Waals surface area contributed by atoms with Crippen LogP contribution in [0.1, 0.15) is 48.9 Å². The Kier molecular flexibility index (Phi) is 4.24. The van der Waals surface area contributed by atoms with Crippen molar-refractivity contribution in [3.63, 3.8) is 0 Å². The highest BCUT2D eigenvalue weighted by Crippen LogP contribution is 2.49. The van der Waals surface area contributed by atoms with Crippen LogP contribution in [0.5, 0.6) is 5.75 Å². The Hall–Kier alpha value is -1.60. The largest absolute Gasteiger partial charge is 0.490 e. The van der Waals surface area contributed by atoms with E-state index in [1.807, 2.05) is 0 Å². The first-order chi connectivity index (χ1) is 12.0. The molecule has 1 aromatic rings. The Labute approximate surface area is 148 Å². The molecule has 2 saturated carbocycles. The molecule has 1 heterocycles. The van der Waals surface area contributed by atoms with Crippen molar-refractivity contribution in [2.45, 2.75) is 49.9 Å². The Morgan fingerprint density at radius 2 is 1.76 bits per heavy atom. The minimum Gasteiger partial charge on any atom is -0.490 e. The van der Waals surface area contributed by atoms with Gasteiger partial charge in [0.1, 0.15) is 5.75 Å². The lowest BCUT2D eigenvalue weighted by Crippen LogP contribution is -2.49. The van der Waals surface area contributed by atoms with Crippen LogP contribution in [-0.2, 0) is 10.0 Å². The van der Waals surface area contributed by atoms with Crippen molar-refractivity contribution < 1.29 is 17.9 Å². The molecule has 3 fully saturated rings. The Morgan fingerprint density at radius 1 is 1.12 bits per heavy atom. The Balaban J connectivity index is 1.31. The molecule has 1 saturated heterocycles. The van der Waals surface area contributed by atoms with E-state index in [9.17, 15) is 13.2 Å². The summed E-state index contributed by atoms with van der Waals surface area (Å²) in [4.78, 5) is 12.1. The highest BCUT2D eigenvalue weighted by atomic mass is 32.2. The van der Waals surface area contributed by atoms with Gasteiger partial charge in [-0.05, 0) is 81.3 Å². The first-order valence-electron chi connectivity index (χ1n) is 8.99. The van der Waals surface area contributed by atoms with Gasteiger partial charge in [-0.25, -0.2) is 13.1 Å². The summed E-state index contributed by atoms with van der Waals surface area (Å²) in [7, 11) is -3.51. The van der Waals surface area contributed by atoms with Crippen LogP contribution in [0.4, 0.5) is 0 Å².